The van der Waals surface area contributed by atoms with Crippen LogP contribution in [0.2, 0.25) is 0 Å². The number of allylic oxidation sites excluding steroid dienone is 2. The Morgan fingerprint density at radius 2 is 0.818 bits per heavy atom. The van der Waals surface area contributed by atoms with Crippen molar-refractivity contribution in [2.45, 2.75) is 12.8 Å². The van der Waals surface area contributed by atoms with Crippen molar-refractivity contribution >= 4 is 43.1 Å². The molecule has 0 amide bonds. The van der Waals surface area contributed by atoms with E-state index in [1.807, 2.05) is 109 Å². The minimum absolute atomic E-state index is 0.103. The Hall–Kier alpha value is -5.96. The predicted molar refractivity (Wildman–Crippen MR) is 184 cm³/mol. The molecule has 0 aromatic heterocycles. The lowest BCUT2D eigenvalue weighted by molar-refractivity contribution is 1.26. The second-order valence-electron chi connectivity index (χ2n) is 10.8. The summed E-state index contributed by atoms with van der Waals surface area (Å²) in [6.07, 6.45) is 5.06. The first-order valence-electron chi connectivity index (χ1n) is 14.6. The Morgan fingerprint density at radius 3 is 1.23 bits per heavy atom. The van der Waals surface area contributed by atoms with E-state index in [2.05, 4.69) is 36.8 Å². The van der Waals surface area contributed by atoms with Gasteiger partial charge in [-0.3, -0.25) is 9.59 Å². The van der Waals surface area contributed by atoms with Gasteiger partial charge in [-0.1, -0.05) is 121 Å². The SMILES string of the molecule is C=CCc1ccccc1C#Cc1c2c(=O)c3ccccc3c2c(C#Cc2ccccc2CC=C)c2c(=O)c3ccccc3c12. The molecule has 2 nitrogen and oxygen atoms in total. The van der Waals surface area contributed by atoms with Gasteiger partial charge < -0.3 is 0 Å². The minimum atomic E-state index is -0.103. The lowest BCUT2D eigenvalue weighted by Gasteiger charge is -2.06. The molecular weight excluding hydrogens is 536 g/mol. The molecule has 0 bridgehead atoms. The van der Waals surface area contributed by atoms with Gasteiger partial charge in [0.05, 0.1) is 0 Å². The normalized spacial score (nSPS) is 10.9. The molecule has 0 fully saturated rings. The maximum atomic E-state index is 14.2. The van der Waals surface area contributed by atoms with Crippen LogP contribution in [0.4, 0.5) is 0 Å². The summed E-state index contributed by atoms with van der Waals surface area (Å²) in [6, 6.07) is 31.0. The molecule has 0 saturated carbocycles. The Bertz CT molecular complexity index is 2350. The Kier molecular flexibility index (Phi) is 6.75. The van der Waals surface area contributed by atoms with E-state index in [-0.39, 0.29) is 10.9 Å². The van der Waals surface area contributed by atoms with Crippen LogP contribution in [0, 0.1) is 23.7 Å². The molecule has 7 aromatic rings. The first kappa shape index (κ1) is 26.9. The Balaban J connectivity index is 1.68. The predicted octanol–water partition coefficient (Wildman–Crippen LogP) is 8.15. The van der Waals surface area contributed by atoms with E-state index in [9.17, 15) is 9.59 Å². The Labute approximate surface area is 255 Å². The maximum absolute atomic E-state index is 14.2. The topological polar surface area (TPSA) is 34.1 Å². The molecule has 0 aliphatic heterocycles. The Morgan fingerprint density at radius 1 is 0.455 bits per heavy atom. The smallest absolute Gasteiger partial charge is 0.195 e. The summed E-state index contributed by atoms with van der Waals surface area (Å²) in [4.78, 5) is 28.4. The highest BCUT2D eigenvalue weighted by Crippen LogP contribution is 2.38. The number of hydrogen-bond donors (Lipinski definition) is 0. The fourth-order valence-corrected chi connectivity index (χ4v) is 6.27. The third-order valence-corrected chi connectivity index (χ3v) is 8.24. The molecule has 2 heteroatoms. The monoisotopic (exact) mass is 562 g/mol. The molecule has 0 spiro atoms. The third kappa shape index (κ3) is 4.25. The van der Waals surface area contributed by atoms with E-state index in [1.54, 1.807) is 0 Å². The van der Waals surface area contributed by atoms with Gasteiger partial charge in [0.25, 0.3) is 0 Å². The summed E-state index contributed by atoms with van der Waals surface area (Å²) in [5, 5.41) is 5.12. The number of benzene rings is 5. The van der Waals surface area contributed by atoms with Crippen LogP contribution in [0.1, 0.15) is 33.4 Å². The molecule has 44 heavy (non-hydrogen) atoms. The lowest BCUT2D eigenvalue weighted by Crippen LogP contribution is -2.01. The van der Waals surface area contributed by atoms with Gasteiger partial charge in [0.1, 0.15) is 0 Å². The first-order valence-corrected chi connectivity index (χ1v) is 14.6. The van der Waals surface area contributed by atoms with Gasteiger partial charge in [0.2, 0.25) is 0 Å². The van der Waals surface area contributed by atoms with Crippen molar-refractivity contribution in [3.63, 3.8) is 0 Å². The largest absolute Gasteiger partial charge is 0.289 e. The summed E-state index contributed by atoms with van der Waals surface area (Å²) in [5.41, 5.74) is 4.76. The van der Waals surface area contributed by atoms with Crippen LogP contribution in [0.3, 0.4) is 0 Å². The van der Waals surface area contributed by atoms with Crippen molar-refractivity contribution in [3.8, 4) is 23.7 Å². The zero-order valence-electron chi connectivity index (χ0n) is 24.0. The molecular formula is C42H26O2. The molecule has 0 heterocycles. The highest BCUT2D eigenvalue weighted by Gasteiger charge is 2.25. The molecule has 0 unspecified atom stereocenters. The fraction of sp³-hybridized carbons (Fsp3) is 0.0476. The second-order valence-corrected chi connectivity index (χ2v) is 10.8. The van der Waals surface area contributed by atoms with Crippen LogP contribution in [-0.4, -0.2) is 0 Å². The summed E-state index contributed by atoms with van der Waals surface area (Å²) < 4.78 is 0. The molecule has 206 valence electrons. The van der Waals surface area contributed by atoms with Crippen LogP contribution in [0.25, 0.3) is 43.1 Å². The fourth-order valence-electron chi connectivity index (χ4n) is 6.27. The van der Waals surface area contributed by atoms with Gasteiger partial charge in [0, 0.05) is 54.6 Å². The quantitative estimate of drug-likeness (QED) is 0.160. The summed E-state index contributed by atoms with van der Waals surface area (Å²) in [6.45, 7) is 7.79. The van der Waals surface area contributed by atoms with E-state index in [4.69, 9.17) is 0 Å². The van der Waals surface area contributed by atoms with Crippen molar-refractivity contribution in [2.24, 2.45) is 0 Å². The van der Waals surface area contributed by atoms with Crippen LogP contribution in [0.15, 0.2) is 132 Å². The minimum Gasteiger partial charge on any atom is -0.289 e. The van der Waals surface area contributed by atoms with E-state index in [1.165, 1.54) is 0 Å². The van der Waals surface area contributed by atoms with Gasteiger partial charge >= 0.3 is 0 Å². The standard InChI is InChI=1S/C42H26O2/c1-3-13-27-15-5-7-17-29(27)23-25-35-37-31-19-9-11-21-33(31)42(44)40(37)36(26-24-30-18-8-6-16-28(30)14-4-2)38-32-20-10-12-22-34(32)41(43)39(35)38/h3-12,15-22H,1-2,13-14H2. The van der Waals surface area contributed by atoms with Gasteiger partial charge in [-0.25, -0.2) is 0 Å². The third-order valence-electron chi connectivity index (χ3n) is 8.24. The van der Waals surface area contributed by atoms with E-state index < -0.39 is 0 Å². The number of fused-ring (bicyclic) bond motifs is 6. The van der Waals surface area contributed by atoms with Crippen LogP contribution >= 0.6 is 0 Å². The average Bonchev–Trinajstić information content (AvgIpc) is 3.52. The highest BCUT2D eigenvalue weighted by atomic mass is 16.1. The van der Waals surface area contributed by atoms with Gasteiger partial charge in [-0.2, -0.15) is 0 Å². The first-order chi connectivity index (χ1) is 21.6. The summed E-state index contributed by atoms with van der Waals surface area (Å²) >= 11 is 0. The maximum Gasteiger partial charge on any atom is 0.195 e. The van der Waals surface area contributed by atoms with Gasteiger partial charge in [-0.15, -0.1) is 13.2 Å². The molecule has 0 aliphatic rings. The molecule has 7 rings (SSSR count). The van der Waals surface area contributed by atoms with Crippen molar-refractivity contribution in [2.75, 3.05) is 0 Å². The van der Waals surface area contributed by atoms with Crippen LogP contribution in [0.5, 0.6) is 0 Å². The van der Waals surface area contributed by atoms with Gasteiger partial charge in [0.15, 0.2) is 10.9 Å². The zero-order valence-corrected chi connectivity index (χ0v) is 24.0. The average molecular weight is 563 g/mol. The molecule has 0 saturated heterocycles. The summed E-state index contributed by atoms with van der Waals surface area (Å²) in [5.74, 6) is 13.5. The lowest BCUT2D eigenvalue weighted by atomic mass is 9.94. The van der Waals surface area contributed by atoms with E-state index in [0.717, 1.165) is 33.0 Å². The van der Waals surface area contributed by atoms with Crippen molar-refractivity contribution in [1.29, 1.82) is 0 Å². The molecule has 0 N–H and O–H groups in total. The van der Waals surface area contributed by atoms with Crippen molar-refractivity contribution in [3.05, 3.63) is 176 Å². The van der Waals surface area contributed by atoms with Crippen LogP contribution < -0.4 is 10.9 Å². The second kappa shape index (κ2) is 11.0. The van der Waals surface area contributed by atoms with Crippen molar-refractivity contribution in [1.82, 2.24) is 0 Å². The van der Waals surface area contributed by atoms with E-state index in [0.29, 0.717) is 56.3 Å². The molecule has 0 atom stereocenters. The van der Waals surface area contributed by atoms with Gasteiger partial charge in [-0.05, 0) is 46.9 Å². The van der Waals surface area contributed by atoms with Crippen molar-refractivity contribution < 1.29 is 0 Å². The molecule has 0 aliphatic carbocycles. The number of rotatable bonds is 4. The highest BCUT2D eigenvalue weighted by molar-refractivity contribution is 6.27. The zero-order chi connectivity index (χ0) is 30.2. The molecule has 7 aromatic carbocycles. The molecule has 0 radical (unpaired) electrons. The van der Waals surface area contributed by atoms with Crippen LogP contribution in [-0.2, 0) is 12.8 Å². The van der Waals surface area contributed by atoms with E-state index >= 15 is 0 Å². The number of hydrogen-bond acceptors (Lipinski definition) is 2. The summed E-state index contributed by atoms with van der Waals surface area (Å²) in [7, 11) is 0.